The molecule has 1 atom stereocenters. The Morgan fingerprint density at radius 1 is 1.37 bits per heavy atom. The van der Waals surface area contributed by atoms with E-state index in [1.54, 1.807) is 12.0 Å². The molecule has 146 valence electrons. The van der Waals surface area contributed by atoms with Crippen molar-refractivity contribution < 1.29 is 9.53 Å². The quantitative estimate of drug-likeness (QED) is 0.691. The number of aromatic nitrogens is 4. The molecule has 0 spiro atoms. The molecule has 0 aliphatic carbocycles. The number of ether oxygens (including phenoxy) is 1. The molecular formula is C19H28N6O2. The van der Waals surface area contributed by atoms with Crippen LogP contribution < -0.4 is 4.74 Å². The summed E-state index contributed by atoms with van der Waals surface area (Å²) >= 11 is 0. The summed E-state index contributed by atoms with van der Waals surface area (Å²) in [6.45, 7) is 4.12. The molecule has 1 aliphatic rings. The minimum atomic E-state index is 0.0356. The molecule has 3 rings (SSSR count). The first-order chi connectivity index (χ1) is 13.2. The van der Waals surface area contributed by atoms with Crippen molar-refractivity contribution in [3.8, 4) is 5.75 Å². The number of tetrazole rings is 1. The molecule has 2 heterocycles. The summed E-state index contributed by atoms with van der Waals surface area (Å²) in [4.78, 5) is 16.6. The number of methoxy groups -OCH3 is 1. The number of carbonyl (C=O) groups is 1. The third-order valence-corrected chi connectivity index (χ3v) is 5.14. The SMILES string of the molecule is COc1ccccc1CCN1CCCC(CN(C)C(=O)Cn2cnnn2)C1. The average molecular weight is 372 g/mol. The number of rotatable bonds is 8. The van der Waals surface area contributed by atoms with Crippen LogP contribution in [-0.2, 0) is 17.8 Å². The number of likely N-dealkylation sites (tertiary alicyclic amines) is 1. The lowest BCUT2D eigenvalue weighted by Gasteiger charge is -2.34. The summed E-state index contributed by atoms with van der Waals surface area (Å²) in [5.74, 6) is 1.49. The Bertz CT molecular complexity index is 721. The van der Waals surface area contributed by atoms with Gasteiger partial charge in [-0.3, -0.25) is 4.79 Å². The van der Waals surface area contributed by atoms with E-state index >= 15 is 0 Å². The lowest BCUT2D eigenvalue weighted by molar-refractivity contribution is -0.131. The van der Waals surface area contributed by atoms with Gasteiger partial charge in [-0.05, 0) is 53.8 Å². The lowest BCUT2D eigenvalue weighted by Crippen LogP contribution is -2.43. The molecule has 1 unspecified atom stereocenters. The van der Waals surface area contributed by atoms with Crippen LogP contribution in [0.2, 0.25) is 0 Å². The van der Waals surface area contributed by atoms with Crippen molar-refractivity contribution in [2.24, 2.45) is 5.92 Å². The van der Waals surface area contributed by atoms with Gasteiger partial charge in [0.25, 0.3) is 0 Å². The Balaban J connectivity index is 1.46. The highest BCUT2D eigenvalue weighted by Gasteiger charge is 2.23. The van der Waals surface area contributed by atoms with Crippen LogP contribution in [0.4, 0.5) is 0 Å². The first-order valence-electron chi connectivity index (χ1n) is 9.44. The minimum absolute atomic E-state index is 0.0356. The Hall–Kier alpha value is -2.48. The standard InChI is InChI=1S/C19H28N6O2/c1-23(19(26)14-25-15-20-21-22-25)12-16-6-5-10-24(13-16)11-9-17-7-3-4-8-18(17)27-2/h3-4,7-8,15-16H,5-6,9-14H2,1-2H3. The average Bonchev–Trinajstić information content (AvgIpc) is 3.20. The van der Waals surface area contributed by atoms with Crippen LogP contribution in [0.1, 0.15) is 18.4 Å². The van der Waals surface area contributed by atoms with Gasteiger partial charge < -0.3 is 14.5 Å². The second kappa shape index (κ2) is 9.45. The van der Waals surface area contributed by atoms with Crippen LogP contribution in [0.3, 0.4) is 0 Å². The molecule has 1 fully saturated rings. The van der Waals surface area contributed by atoms with Crippen LogP contribution in [0.5, 0.6) is 5.75 Å². The van der Waals surface area contributed by atoms with Gasteiger partial charge >= 0.3 is 0 Å². The van der Waals surface area contributed by atoms with E-state index in [2.05, 4.69) is 32.6 Å². The van der Waals surface area contributed by atoms with Crippen molar-refractivity contribution in [1.29, 1.82) is 0 Å². The van der Waals surface area contributed by atoms with Gasteiger partial charge in [0.2, 0.25) is 5.91 Å². The van der Waals surface area contributed by atoms with Crippen LogP contribution in [0.15, 0.2) is 30.6 Å². The van der Waals surface area contributed by atoms with E-state index in [4.69, 9.17) is 4.74 Å². The first-order valence-corrected chi connectivity index (χ1v) is 9.44. The second-order valence-electron chi connectivity index (χ2n) is 7.15. The highest BCUT2D eigenvalue weighted by molar-refractivity contribution is 5.75. The van der Waals surface area contributed by atoms with Crippen LogP contribution in [-0.4, -0.2) is 76.3 Å². The van der Waals surface area contributed by atoms with Gasteiger partial charge in [0.05, 0.1) is 7.11 Å². The fraction of sp³-hybridized carbons (Fsp3) is 0.579. The number of hydrogen-bond acceptors (Lipinski definition) is 6. The van der Waals surface area contributed by atoms with E-state index in [-0.39, 0.29) is 12.5 Å². The Labute approximate surface area is 160 Å². The smallest absolute Gasteiger partial charge is 0.244 e. The molecule has 1 amide bonds. The van der Waals surface area contributed by atoms with Gasteiger partial charge in [0, 0.05) is 26.7 Å². The molecule has 2 aromatic rings. The van der Waals surface area contributed by atoms with Crippen LogP contribution >= 0.6 is 0 Å². The van der Waals surface area contributed by atoms with E-state index in [1.165, 1.54) is 23.0 Å². The minimum Gasteiger partial charge on any atom is -0.496 e. The van der Waals surface area contributed by atoms with Gasteiger partial charge in [0.15, 0.2) is 0 Å². The molecule has 8 heteroatoms. The number of likely N-dealkylation sites (N-methyl/N-ethyl adjacent to an activating group) is 1. The second-order valence-corrected chi connectivity index (χ2v) is 7.15. The number of benzene rings is 1. The lowest BCUT2D eigenvalue weighted by atomic mass is 9.97. The molecule has 1 aliphatic heterocycles. The predicted molar refractivity (Wildman–Crippen MR) is 101 cm³/mol. The van der Waals surface area contributed by atoms with E-state index in [0.29, 0.717) is 5.92 Å². The zero-order valence-electron chi connectivity index (χ0n) is 16.1. The van der Waals surface area contributed by atoms with Gasteiger partial charge in [0.1, 0.15) is 18.6 Å². The Morgan fingerprint density at radius 3 is 3.00 bits per heavy atom. The van der Waals surface area contributed by atoms with E-state index in [9.17, 15) is 4.79 Å². The summed E-state index contributed by atoms with van der Waals surface area (Å²) in [5.41, 5.74) is 1.25. The molecule has 1 aromatic carbocycles. The molecule has 0 bridgehead atoms. The third-order valence-electron chi connectivity index (χ3n) is 5.14. The number of carbonyl (C=O) groups excluding carboxylic acids is 1. The molecular weight excluding hydrogens is 344 g/mol. The van der Waals surface area contributed by atoms with Crippen molar-refractivity contribution >= 4 is 5.91 Å². The fourth-order valence-corrected chi connectivity index (χ4v) is 3.69. The van der Waals surface area contributed by atoms with Crippen molar-refractivity contribution in [2.75, 3.05) is 40.3 Å². The Morgan fingerprint density at radius 2 is 2.22 bits per heavy atom. The van der Waals surface area contributed by atoms with E-state index in [0.717, 1.165) is 44.8 Å². The zero-order chi connectivity index (χ0) is 19.1. The van der Waals surface area contributed by atoms with Gasteiger partial charge in [-0.25, -0.2) is 4.68 Å². The van der Waals surface area contributed by atoms with Crippen LogP contribution in [0.25, 0.3) is 0 Å². The number of para-hydroxylation sites is 1. The molecule has 27 heavy (non-hydrogen) atoms. The summed E-state index contributed by atoms with van der Waals surface area (Å²) in [7, 11) is 3.58. The number of piperidine rings is 1. The molecule has 0 saturated carbocycles. The molecule has 8 nitrogen and oxygen atoms in total. The predicted octanol–water partition coefficient (Wildman–Crippen LogP) is 1.09. The highest BCUT2D eigenvalue weighted by Crippen LogP contribution is 2.21. The van der Waals surface area contributed by atoms with Gasteiger partial charge in [-0.2, -0.15) is 0 Å². The summed E-state index contributed by atoms with van der Waals surface area (Å²) in [6, 6.07) is 8.20. The number of amides is 1. The largest absolute Gasteiger partial charge is 0.496 e. The number of nitrogens with zero attached hydrogens (tertiary/aromatic N) is 6. The summed E-state index contributed by atoms with van der Waals surface area (Å²) in [6.07, 6.45) is 4.77. The fourth-order valence-electron chi connectivity index (χ4n) is 3.69. The van der Waals surface area contributed by atoms with E-state index in [1.807, 2.05) is 19.2 Å². The maximum absolute atomic E-state index is 12.3. The van der Waals surface area contributed by atoms with Gasteiger partial charge in [-0.1, -0.05) is 18.2 Å². The van der Waals surface area contributed by atoms with Crippen LogP contribution in [0, 0.1) is 5.92 Å². The maximum atomic E-state index is 12.3. The van der Waals surface area contributed by atoms with E-state index < -0.39 is 0 Å². The third kappa shape index (κ3) is 5.50. The van der Waals surface area contributed by atoms with Crippen molar-refractivity contribution in [3.63, 3.8) is 0 Å². The Kier molecular flexibility index (Phi) is 6.75. The normalized spacial score (nSPS) is 17.6. The zero-order valence-corrected chi connectivity index (χ0v) is 16.1. The molecule has 0 N–H and O–H groups in total. The van der Waals surface area contributed by atoms with Gasteiger partial charge in [-0.15, -0.1) is 5.10 Å². The monoisotopic (exact) mass is 372 g/mol. The van der Waals surface area contributed by atoms with Crippen molar-refractivity contribution in [1.82, 2.24) is 30.0 Å². The summed E-state index contributed by atoms with van der Waals surface area (Å²) < 4.78 is 6.91. The molecule has 1 saturated heterocycles. The molecule has 0 radical (unpaired) electrons. The van der Waals surface area contributed by atoms with Crippen molar-refractivity contribution in [3.05, 3.63) is 36.2 Å². The van der Waals surface area contributed by atoms with Crippen molar-refractivity contribution in [2.45, 2.75) is 25.8 Å². The summed E-state index contributed by atoms with van der Waals surface area (Å²) in [5, 5.41) is 10.9. The highest BCUT2D eigenvalue weighted by atomic mass is 16.5. The number of hydrogen-bond donors (Lipinski definition) is 0. The molecule has 1 aromatic heterocycles. The maximum Gasteiger partial charge on any atom is 0.244 e. The first kappa shape index (κ1) is 19.3. The topological polar surface area (TPSA) is 76.4 Å².